The number of hydrogen-bond donors (Lipinski definition) is 1. The van der Waals surface area contributed by atoms with Crippen LogP contribution < -0.4 is 10.1 Å². The summed E-state index contributed by atoms with van der Waals surface area (Å²) in [6.07, 6.45) is -0.980. The van der Waals surface area contributed by atoms with Gasteiger partial charge in [-0.2, -0.15) is 0 Å². The van der Waals surface area contributed by atoms with E-state index in [-0.39, 0.29) is 29.6 Å². The first-order valence-corrected chi connectivity index (χ1v) is 12.7. The summed E-state index contributed by atoms with van der Waals surface area (Å²) in [7, 11) is 0. The average Bonchev–Trinajstić information content (AvgIpc) is 2.95. The number of morpholine rings is 1. The highest BCUT2D eigenvalue weighted by atomic mass is 16.5. The monoisotopic (exact) mass is 530 g/mol. The first-order valence-electron chi connectivity index (χ1n) is 12.7. The van der Waals surface area contributed by atoms with E-state index >= 15 is 0 Å². The van der Waals surface area contributed by atoms with E-state index in [1.807, 2.05) is 37.3 Å². The van der Waals surface area contributed by atoms with Crippen LogP contribution in [0.3, 0.4) is 0 Å². The lowest BCUT2D eigenvalue weighted by atomic mass is 10.1. The van der Waals surface area contributed by atoms with Gasteiger partial charge in [-0.1, -0.05) is 30.3 Å². The molecule has 0 aliphatic carbocycles. The molecule has 2 amide bonds. The fourth-order valence-electron chi connectivity index (χ4n) is 4.07. The average molecular weight is 531 g/mol. The van der Waals surface area contributed by atoms with E-state index in [1.165, 1.54) is 12.1 Å². The molecule has 1 N–H and O–H groups in total. The molecule has 1 fully saturated rings. The lowest BCUT2D eigenvalue weighted by molar-refractivity contribution is -0.155. The van der Waals surface area contributed by atoms with Gasteiger partial charge in [-0.15, -0.1) is 0 Å². The van der Waals surface area contributed by atoms with Crippen molar-refractivity contribution in [2.45, 2.75) is 26.0 Å². The molecule has 0 radical (unpaired) electrons. The molecule has 1 heterocycles. The van der Waals surface area contributed by atoms with Crippen molar-refractivity contribution in [3.05, 3.63) is 95.6 Å². The van der Waals surface area contributed by atoms with E-state index in [4.69, 9.17) is 14.2 Å². The Kier molecular flexibility index (Phi) is 9.42. The van der Waals surface area contributed by atoms with Gasteiger partial charge in [0.15, 0.2) is 12.4 Å². The number of benzene rings is 3. The Bertz CT molecular complexity index is 1290. The van der Waals surface area contributed by atoms with Gasteiger partial charge in [-0.3, -0.25) is 14.4 Å². The predicted octanol–water partition coefficient (Wildman–Crippen LogP) is 3.88. The molecule has 0 spiro atoms. The van der Waals surface area contributed by atoms with Gasteiger partial charge < -0.3 is 24.4 Å². The van der Waals surface area contributed by atoms with Crippen LogP contribution >= 0.6 is 0 Å². The van der Waals surface area contributed by atoms with Crippen LogP contribution in [0.5, 0.6) is 5.75 Å². The molecule has 0 aromatic heterocycles. The van der Waals surface area contributed by atoms with Crippen molar-refractivity contribution in [2.75, 3.05) is 31.7 Å². The van der Waals surface area contributed by atoms with Crippen molar-refractivity contribution in [2.24, 2.45) is 0 Å². The second kappa shape index (κ2) is 13.3. The quantitative estimate of drug-likeness (QED) is 0.296. The fourth-order valence-corrected chi connectivity index (χ4v) is 4.07. The number of hydrogen-bond acceptors (Lipinski definition) is 7. The summed E-state index contributed by atoms with van der Waals surface area (Å²) in [5, 5.41) is 2.72. The Labute approximate surface area is 226 Å². The summed E-state index contributed by atoms with van der Waals surface area (Å²) in [4.78, 5) is 51.8. The molecule has 39 heavy (non-hydrogen) atoms. The predicted molar refractivity (Wildman–Crippen MR) is 144 cm³/mol. The van der Waals surface area contributed by atoms with Crippen molar-refractivity contribution in [1.29, 1.82) is 0 Å². The number of anilines is 1. The summed E-state index contributed by atoms with van der Waals surface area (Å²) < 4.78 is 16.1. The third-order valence-corrected chi connectivity index (χ3v) is 6.08. The van der Waals surface area contributed by atoms with Crippen LogP contribution in [0.25, 0.3) is 0 Å². The van der Waals surface area contributed by atoms with Crippen molar-refractivity contribution in [3.8, 4) is 5.75 Å². The third-order valence-electron chi connectivity index (χ3n) is 6.08. The van der Waals surface area contributed by atoms with E-state index in [9.17, 15) is 19.2 Å². The summed E-state index contributed by atoms with van der Waals surface area (Å²) in [6, 6.07) is 22.3. The van der Waals surface area contributed by atoms with Gasteiger partial charge in [0.05, 0.1) is 25.2 Å². The molecule has 1 unspecified atom stereocenters. The van der Waals surface area contributed by atoms with Crippen LogP contribution in [0.1, 0.15) is 39.6 Å². The molecule has 3 aromatic rings. The molecule has 1 saturated heterocycles. The number of Topliss-reactive ketones (excluding diaryl/α,β-unsaturated/α-hetero) is 1. The SMILES string of the molecule is CCOc1ccc(C(=O)COC(=O)c2ccc(NC(=O)CC3OCCN(Cc4ccccc4)C3=O)cc2)cc1. The molecule has 1 atom stereocenters. The van der Waals surface area contributed by atoms with E-state index in [0.29, 0.717) is 43.3 Å². The van der Waals surface area contributed by atoms with Gasteiger partial charge in [0.2, 0.25) is 5.91 Å². The highest BCUT2D eigenvalue weighted by Gasteiger charge is 2.31. The van der Waals surface area contributed by atoms with Gasteiger partial charge in [0.1, 0.15) is 11.9 Å². The summed E-state index contributed by atoms with van der Waals surface area (Å²) in [5.41, 5.74) is 2.10. The lowest BCUT2D eigenvalue weighted by Crippen LogP contribution is -2.48. The van der Waals surface area contributed by atoms with Gasteiger partial charge in [0, 0.05) is 24.3 Å². The smallest absolute Gasteiger partial charge is 0.338 e. The number of carbonyl (C=O) groups excluding carboxylic acids is 4. The maximum atomic E-state index is 12.8. The topological polar surface area (TPSA) is 111 Å². The van der Waals surface area contributed by atoms with Crippen molar-refractivity contribution < 1.29 is 33.4 Å². The lowest BCUT2D eigenvalue weighted by Gasteiger charge is -2.32. The Morgan fingerprint density at radius 2 is 1.64 bits per heavy atom. The molecule has 9 nitrogen and oxygen atoms in total. The van der Waals surface area contributed by atoms with Gasteiger partial charge in [-0.05, 0) is 61.0 Å². The Balaban J connectivity index is 1.24. The normalized spacial score (nSPS) is 14.9. The van der Waals surface area contributed by atoms with Crippen LogP contribution in [0.15, 0.2) is 78.9 Å². The minimum absolute atomic E-state index is 0.123. The zero-order chi connectivity index (χ0) is 27.6. The number of rotatable bonds is 11. The molecule has 4 rings (SSSR count). The highest BCUT2D eigenvalue weighted by molar-refractivity contribution is 6.00. The molecule has 0 saturated carbocycles. The second-order valence-electron chi connectivity index (χ2n) is 8.89. The Hall–Kier alpha value is -4.50. The number of esters is 1. The molecule has 1 aliphatic heterocycles. The highest BCUT2D eigenvalue weighted by Crippen LogP contribution is 2.17. The van der Waals surface area contributed by atoms with Crippen molar-refractivity contribution in [1.82, 2.24) is 4.90 Å². The molecule has 9 heteroatoms. The molecular formula is C30H30N2O7. The first kappa shape index (κ1) is 27.5. The number of nitrogens with zero attached hydrogens (tertiary/aromatic N) is 1. The van der Waals surface area contributed by atoms with Crippen molar-refractivity contribution in [3.63, 3.8) is 0 Å². The number of ketones is 1. The number of amides is 2. The minimum atomic E-state index is -0.857. The largest absolute Gasteiger partial charge is 0.494 e. The van der Waals surface area contributed by atoms with Crippen LogP contribution in [-0.4, -0.2) is 60.9 Å². The third kappa shape index (κ3) is 7.75. The summed E-state index contributed by atoms with van der Waals surface area (Å²) in [5.74, 6) is -0.950. The van der Waals surface area contributed by atoms with Crippen molar-refractivity contribution >= 4 is 29.3 Å². The number of nitrogens with one attached hydrogen (secondary N) is 1. The van der Waals surface area contributed by atoms with E-state index in [0.717, 1.165) is 5.56 Å². The Morgan fingerprint density at radius 3 is 2.33 bits per heavy atom. The number of carbonyl (C=O) groups is 4. The van der Waals surface area contributed by atoms with Gasteiger partial charge >= 0.3 is 5.97 Å². The molecule has 3 aromatic carbocycles. The fraction of sp³-hybridized carbons (Fsp3) is 0.267. The summed E-state index contributed by atoms with van der Waals surface area (Å²) >= 11 is 0. The van der Waals surface area contributed by atoms with Gasteiger partial charge in [-0.25, -0.2) is 4.79 Å². The molecule has 0 bridgehead atoms. The van der Waals surface area contributed by atoms with E-state index in [1.54, 1.807) is 41.3 Å². The molecule has 202 valence electrons. The van der Waals surface area contributed by atoms with E-state index < -0.39 is 18.7 Å². The van der Waals surface area contributed by atoms with Crippen LogP contribution in [0.2, 0.25) is 0 Å². The van der Waals surface area contributed by atoms with Crippen LogP contribution in [0, 0.1) is 0 Å². The van der Waals surface area contributed by atoms with E-state index in [2.05, 4.69) is 5.32 Å². The zero-order valence-corrected chi connectivity index (χ0v) is 21.6. The standard InChI is InChI=1S/C30H30N2O7/c1-2-37-25-14-10-22(11-15-25)26(33)20-39-30(36)23-8-12-24(13-9-23)31-28(34)18-27-29(35)32(16-17-38-27)19-21-6-4-3-5-7-21/h3-15,27H,2,16-20H2,1H3,(H,31,34). The maximum absolute atomic E-state index is 12.8. The first-order chi connectivity index (χ1) is 18.9. The van der Waals surface area contributed by atoms with Crippen LogP contribution in [-0.2, 0) is 25.6 Å². The number of ether oxygens (including phenoxy) is 3. The molecule has 1 aliphatic rings. The minimum Gasteiger partial charge on any atom is -0.494 e. The second-order valence-corrected chi connectivity index (χ2v) is 8.89. The molecular weight excluding hydrogens is 500 g/mol. The Morgan fingerprint density at radius 1 is 0.949 bits per heavy atom. The zero-order valence-electron chi connectivity index (χ0n) is 21.6. The van der Waals surface area contributed by atoms with Crippen LogP contribution in [0.4, 0.5) is 5.69 Å². The maximum Gasteiger partial charge on any atom is 0.338 e. The van der Waals surface area contributed by atoms with Gasteiger partial charge in [0.25, 0.3) is 5.91 Å². The summed E-state index contributed by atoms with van der Waals surface area (Å²) in [6.45, 7) is 3.28.